The van der Waals surface area contributed by atoms with Gasteiger partial charge in [-0.15, -0.1) is 0 Å². The average molecular weight is 364 g/mol. The van der Waals surface area contributed by atoms with E-state index in [9.17, 15) is 0 Å². The average Bonchev–Trinajstić information content (AvgIpc) is 2.39. The van der Waals surface area contributed by atoms with Gasteiger partial charge in [0.2, 0.25) is 0 Å². The zero-order valence-corrected chi connectivity index (χ0v) is 14.8. The Hall–Kier alpha value is -1.46. The molecule has 21 heavy (non-hydrogen) atoms. The van der Waals surface area contributed by atoms with Crippen LogP contribution < -0.4 is 10.6 Å². The molecule has 0 spiro atoms. The number of aromatic nitrogens is 1. The molecule has 0 aliphatic carbocycles. The first-order valence-electron chi connectivity index (χ1n) is 6.62. The first kappa shape index (κ1) is 15.9. The van der Waals surface area contributed by atoms with Crippen LogP contribution in [0.1, 0.15) is 22.5 Å². The van der Waals surface area contributed by atoms with E-state index in [4.69, 9.17) is 18.0 Å². The second kappa shape index (κ2) is 6.54. The number of benzene rings is 1. The summed E-state index contributed by atoms with van der Waals surface area (Å²) in [5.41, 5.74) is 10.8. The molecule has 1 heterocycles. The summed E-state index contributed by atoms with van der Waals surface area (Å²) >= 11 is 8.64. The molecule has 0 bridgehead atoms. The summed E-state index contributed by atoms with van der Waals surface area (Å²) in [6, 6.07) is 10.3. The second-order valence-corrected chi connectivity index (χ2v) is 6.45. The minimum atomic E-state index is 0.387. The fourth-order valence-electron chi connectivity index (χ4n) is 2.36. The number of hydrogen-bond donors (Lipinski definition) is 1. The summed E-state index contributed by atoms with van der Waals surface area (Å²) in [7, 11) is 2.04. The van der Waals surface area contributed by atoms with E-state index >= 15 is 0 Å². The van der Waals surface area contributed by atoms with Gasteiger partial charge in [-0.1, -0.05) is 40.3 Å². The highest BCUT2D eigenvalue weighted by Crippen LogP contribution is 2.25. The third-order valence-electron chi connectivity index (χ3n) is 3.30. The molecule has 2 N–H and O–H groups in total. The summed E-state index contributed by atoms with van der Waals surface area (Å²) in [6.45, 7) is 4.71. The van der Waals surface area contributed by atoms with Crippen molar-refractivity contribution in [3.63, 3.8) is 0 Å². The summed E-state index contributed by atoms with van der Waals surface area (Å²) in [5, 5.41) is 0. The molecule has 3 nitrogen and oxygen atoms in total. The first-order valence-corrected chi connectivity index (χ1v) is 7.82. The van der Waals surface area contributed by atoms with Gasteiger partial charge in [0.25, 0.3) is 0 Å². The van der Waals surface area contributed by atoms with E-state index < -0.39 is 0 Å². The maximum absolute atomic E-state index is 5.88. The van der Waals surface area contributed by atoms with Crippen molar-refractivity contribution in [1.29, 1.82) is 0 Å². The fraction of sp³-hybridized carbons (Fsp3) is 0.250. The molecule has 1 aromatic carbocycles. The van der Waals surface area contributed by atoms with Gasteiger partial charge < -0.3 is 10.6 Å². The number of rotatable bonds is 4. The Morgan fingerprint density at radius 2 is 1.90 bits per heavy atom. The molecule has 2 rings (SSSR count). The van der Waals surface area contributed by atoms with Crippen molar-refractivity contribution in [2.24, 2.45) is 5.73 Å². The normalized spacial score (nSPS) is 10.5. The lowest BCUT2D eigenvalue weighted by atomic mass is 10.1. The number of nitrogens with zero attached hydrogens (tertiary/aromatic N) is 2. The summed E-state index contributed by atoms with van der Waals surface area (Å²) in [5.74, 6) is 0. The smallest absolute Gasteiger partial charge is 0.107 e. The molecule has 5 heteroatoms. The zero-order valence-electron chi connectivity index (χ0n) is 12.4. The van der Waals surface area contributed by atoms with E-state index in [-0.39, 0.29) is 0 Å². The van der Waals surface area contributed by atoms with Gasteiger partial charge in [0.15, 0.2) is 0 Å². The quantitative estimate of drug-likeness (QED) is 0.840. The lowest BCUT2D eigenvalue weighted by Gasteiger charge is -2.23. The number of halogens is 1. The summed E-state index contributed by atoms with van der Waals surface area (Å²) in [4.78, 5) is 7.00. The molecule has 2 aromatic rings. The molecule has 0 radical (unpaired) electrons. The number of nitrogens with two attached hydrogens (primary N) is 1. The monoisotopic (exact) mass is 363 g/mol. The highest BCUT2D eigenvalue weighted by Gasteiger charge is 2.14. The van der Waals surface area contributed by atoms with Crippen molar-refractivity contribution >= 4 is 38.8 Å². The van der Waals surface area contributed by atoms with E-state index in [0.29, 0.717) is 4.99 Å². The number of thiocarbonyl (C=S) groups is 1. The Labute approximate surface area is 139 Å². The van der Waals surface area contributed by atoms with E-state index in [0.717, 1.165) is 33.7 Å². The fourth-order valence-corrected chi connectivity index (χ4v) is 2.88. The molecule has 0 fully saturated rings. The molecular weight excluding hydrogens is 346 g/mol. The SMILES string of the molecule is Cc1cc(N(C)Cc2ccc(Br)cc2)c(C(N)=S)c(C)n1. The first-order chi connectivity index (χ1) is 9.88. The van der Waals surface area contributed by atoms with Crippen LogP contribution in [0.25, 0.3) is 0 Å². The van der Waals surface area contributed by atoms with Crippen molar-refractivity contribution in [2.45, 2.75) is 20.4 Å². The van der Waals surface area contributed by atoms with Crippen LogP contribution in [0, 0.1) is 13.8 Å². The molecule has 0 aliphatic rings. The Kier molecular flexibility index (Phi) is 4.96. The predicted octanol–water partition coefficient (Wildman–Crippen LogP) is 3.73. The van der Waals surface area contributed by atoms with Crippen LogP contribution in [0.2, 0.25) is 0 Å². The van der Waals surface area contributed by atoms with Crippen LogP contribution in [0.4, 0.5) is 5.69 Å². The van der Waals surface area contributed by atoms with Gasteiger partial charge in [0.05, 0.1) is 11.3 Å². The molecule has 0 aliphatic heterocycles. The minimum Gasteiger partial charge on any atom is -0.389 e. The van der Waals surface area contributed by atoms with Crippen molar-refractivity contribution in [1.82, 2.24) is 4.98 Å². The number of pyridine rings is 1. The molecule has 0 saturated heterocycles. The lowest BCUT2D eigenvalue weighted by molar-refractivity contribution is 0.912. The highest BCUT2D eigenvalue weighted by molar-refractivity contribution is 9.10. The van der Waals surface area contributed by atoms with E-state index in [1.54, 1.807) is 0 Å². The van der Waals surface area contributed by atoms with Crippen LogP contribution in [-0.4, -0.2) is 17.0 Å². The Morgan fingerprint density at radius 1 is 1.29 bits per heavy atom. The van der Waals surface area contributed by atoms with E-state index in [1.165, 1.54) is 5.56 Å². The second-order valence-electron chi connectivity index (χ2n) is 5.09. The van der Waals surface area contributed by atoms with Gasteiger partial charge in [0.1, 0.15) is 4.99 Å². The van der Waals surface area contributed by atoms with E-state index in [1.807, 2.05) is 39.1 Å². The number of hydrogen-bond acceptors (Lipinski definition) is 3. The third-order valence-corrected chi connectivity index (χ3v) is 4.03. The minimum absolute atomic E-state index is 0.387. The van der Waals surface area contributed by atoms with Crippen LogP contribution in [0.3, 0.4) is 0 Å². The standard InChI is InChI=1S/C16H18BrN3S/c1-10-8-14(15(16(18)21)11(2)19-10)20(3)9-12-4-6-13(17)7-5-12/h4-8H,9H2,1-3H3,(H2,18,21). The van der Waals surface area contributed by atoms with Crippen molar-refractivity contribution in [3.05, 3.63) is 57.3 Å². The molecule has 110 valence electrons. The van der Waals surface area contributed by atoms with Gasteiger partial charge in [-0.05, 0) is 37.6 Å². The van der Waals surface area contributed by atoms with E-state index in [2.05, 4.69) is 37.9 Å². The van der Waals surface area contributed by atoms with Crippen LogP contribution in [0.15, 0.2) is 34.8 Å². The largest absolute Gasteiger partial charge is 0.389 e. The molecule has 0 amide bonds. The summed E-state index contributed by atoms with van der Waals surface area (Å²) < 4.78 is 1.08. The lowest BCUT2D eigenvalue weighted by Crippen LogP contribution is -2.23. The Morgan fingerprint density at radius 3 is 2.48 bits per heavy atom. The van der Waals surface area contributed by atoms with Crippen LogP contribution in [0.5, 0.6) is 0 Å². The molecule has 1 aromatic heterocycles. The molecule has 0 saturated carbocycles. The van der Waals surface area contributed by atoms with Crippen LogP contribution >= 0.6 is 28.1 Å². The van der Waals surface area contributed by atoms with Crippen molar-refractivity contribution in [2.75, 3.05) is 11.9 Å². The molecular formula is C16H18BrN3S. The van der Waals surface area contributed by atoms with Gasteiger partial charge in [-0.3, -0.25) is 4.98 Å². The molecule has 0 atom stereocenters. The molecule has 0 unspecified atom stereocenters. The van der Waals surface area contributed by atoms with Gasteiger partial charge in [-0.25, -0.2) is 0 Å². The van der Waals surface area contributed by atoms with Crippen molar-refractivity contribution < 1.29 is 0 Å². The number of aryl methyl sites for hydroxylation is 2. The Balaban J connectivity index is 2.36. The maximum Gasteiger partial charge on any atom is 0.107 e. The maximum atomic E-state index is 5.88. The van der Waals surface area contributed by atoms with Crippen LogP contribution in [-0.2, 0) is 6.54 Å². The van der Waals surface area contributed by atoms with Gasteiger partial charge in [0, 0.05) is 29.5 Å². The Bertz CT molecular complexity index is 668. The highest BCUT2D eigenvalue weighted by atomic mass is 79.9. The summed E-state index contributed by atoms with van der Waals surface area (Å²) in [6.07, 6.45) is 0. The van der Waals surface area contributed by atoms with Gasteiger partial charge >= 0.3 is 0 Å². The van der Waals surface area contributed by atoms with Crippen molar-refractivity contribution in [3.8, 4) is 0 Å². The van der Waals surface area contributed by atoms with Gasteiger partial charge in [-0.2, -0.15) is 0 Å². The third kappa shape index (κ3) is 3.80. The predicted molar refractivity (Wildman–Crippen MR) is 95.8 cm³/mol. The zero-order chi connectivity index (χ0) is 15.6. The number of anilines is 1. The topological polar surface area (TPSA) is 42.1 Å².